The number of ether oxygens (including phenoxy) is 1. The maximum atomic E-state index is 11.9. The fraction of sp³-hybridized carbons (Fsp3) is 0.471. The summed E-state index contributed by atoms with van der Waals surface area (Å²) in [5.74, 6) is 1.68. The van der Waals surface area contributed by atoms with Crippen molar-refractivity contribution in [1.82, 2.24) is 10.2 Å². The van der Waals surface area contributed by atoms with Crippen LogP contribution >= 0.6 is 11.8 Å². The minimum Gasteiger partial charge on any atom is -0.484 e. The van der Waals surface area contributed by atoms with Gasteiger partial charge in [-0.3, -0.25) is 4.79 Å². The lowest BCUT2D eigenvalue weighted by Gasteiger charge is -2.14. The van der Waals surface area contributed by atoms with E-state index in [2.05, 4.69) is 10.2 Å². The van der Waals surface area contributed by atoms with Gasteiger partial charge in [0.2, 0.25) is 0 Å². The lowest BCUT2D eigenvalue weighted by atomic mass is 9.92. The highest BCUT2D eigenvalue weighted by atomic mass is 32.2. The summed E-state index contributed by atoms with van der Waals surface area (Å²) in [7, 11) is 0. The molecule has 0 spiro atoms. The standard InChI is InChI=1S/C17H22N2O3S/c1-11-6-7-12(2)13(8-11)21-9-15-18-19-16(22-15)23-10-14(20)17(3,4)5/h6-8H,9-10H2,1-5H3. The Kier molecular flexibility index (Phi) is 5.46. The van der Waals surface area contributed by atoms with Crippen molar-refractivity contribution in [3.63, 3.8) is 0 Å². The average molecular weight is 334 g/mol. The van der Waals surface area contributed by atoms with Gasteiger partial charge in [-0.1, -0.05) is 44.7 Å². The molecule has 23 heavy (non-hydrogen) atoms. The van der Waals surface area contributed by atoms with Gasteiger partial charge in [0, 0.05) is 5.41 Å². The van der Waals surface area contributed by atoms with Crippen molar-refractivity contribution >= 4 is 17.5 Å². The van der Waals surface area contributed by atoms with Gasteiger partial charge in [0.05, 0.1) is 5.75 Å². The number of benzene rings is 1. The summed E-state index contributed by atoms with van der Waals surface area (Å²) >= 11 is 1.26. The summed E-state index contributed by atoms with van der Waals surface area (Å²) in [5.41, 5.74) is 1.83. The third kappa shape index (κ3) is 5.10. The Balaban J connectivity index is 1.90. The van der Waals surface area contributed by atoms with Gasteiger partial charge in [0.15, 0.2) is 6.61 Å². The molecule has 0 N–H and O–H groups in total. The van der Waals surface area contributed by atoms with Crippen LogP contribution in [0.5, 0.6) is 5.75 Å². The van der Waals surface area contributed by atoms with Crippen LogP contribution in [0.4, 0.5) is 0 Å². The Morgan fingerprint density at radius 3 is 2.70 bits per heavy atom. The average Bonchev–Trinajstić information content (AvgIpc) is 2.92. The van der Waals surface area contributed by atoms with Gasteiger partial charge in [-0.2, -0.15) is 0 Å². The number of hydrogen-bond donors (Lipinski definition) is 0. The molecular weight excluding hydrogens is 312 g/mol. The molecule has 0 amide bonds. The number of rotatable bonds is 6. The van der Waals surface area contributed by atoms with Gasteiger partial charge >= 0.3 is 0 Å². The molecule has 0 aliphatic heterocycles. The highest BCUT2D eigenvalue weighted by Gasteiger charge is 2.22. The molecule has 1 aromatic carbocycles. The van der Waals surface area contributed by atoms with E-state index in [4.69, 9.17) is 9.15 Å². The molecule has 5 nitrogen and oxygen atoms in total. The normalized spacial score (nSPS) is 11.5. The number of Topliss-reactive ketones (excluding diaryl/α,β-unsaturated/α-hetero) is 1. The van der Waals surface area contributed by atoms with Crippen molar-refractivity contribution < 1.29 is 13.9 Å². The zero-order valence-electron chi connectivity index (χ0n) is 14.2. The van der Waals surface area contributed by atoms with Crippen molar-refractivity contribution in [3.05, 3.63) is 35.2 Å². The van der Waals surface area contributed by atoms with Crippen molar-refractivity contribution in [2.24, 2.45) is 5.41 Å². The van der Waals surface area contributed by atoms with E-state index in [-0.39, 0.29) is 17.8 Å². The number of nitrogens with zero attached hydrogens (tertiary/aromatic N) is 2. The molecule has 2 aromatic rings. The van der Waals surface area contributed by atoms with Crippen molar-refractivity contribution in [3.8, 4) is 5.75 Å². The SMILES string of the molecule is Cc1ccc(C)c(OCc2nnc(SCC(=O)C(C)(C)C)o2)c1. The van der Waals surface area contributed by atoms with Gasteiger partial charge in [-0.05, 0) is 31.0 Å². The quantitative estimate of drug-likeness (QED) is 0.745. The van der Waals surface area contributed by atoms with Crippen molar-refractivity contribution in [2.75, 3.05) is 5.75 Å². The molecule has 6 heteroatoms. The van der Waals surface area contributed by atoms with E-state index in [1.165, 1.54) is 11.8 Å². The molecule has 0 aliphatic carbocycles. The van der Waals surface area contributed by atoms with E-state index >= 15 is 0 Å². The van der Waals surface area contributed by atoms with Gasteiger partial charge in [0.1, 0.15) is 11.5 Å². The Bertz CT molecular complexity index is 689. The number of ketones is 1. The van der Waals surface area contributed by atoms with Gasteiger partial charge in [-0.25, -0.2) is 0 Å². The van der Waals surface area contributed by atoms with Gasteiger partial charge in [0.25, 0.3) is 11.1 Å². The van der Waals surface area contributed by atoms with E-state index in [0.717, 1.165) is 16.9 Å². The Hall–Kier alpha value is -1.82. The number of aryl methyl sites for hydroxylation is 2. The van der Waals surface area contributed by atoms with Crippen LogP contribution in [0.3, 0.4) is 0 Å². The van der Waals surface area contributed by atoms with E-state index in [9.17, 15) is 4.79 Å². The van der Waals surface area contributed by atoms with Crippen LogP contribution in [0.1, 0.15) is 37.8 Å². The minimum absolute atomic E-state index is 0.147. The molecular formula is C17H22N2O3S. The smallest absolute Gasteiger partial charge is 0.277 e. The summed E-state index contributed by atoms with van der Waals surface area (Å²) in [6, 6.07) is 6.02. The zero-order chi connectivity index (χ0) is 17.0. The van der Waals surface area contributed by atoms with Gasteiger partial charge < -0.3 is 9.15 Å². The van der Waals surface area contributed by atoms with Crippen molar-refractivity contribution in [1.29, 1.82) is 0 Å². The topological polar surface area (TPSA) is 65.2 Å². The number of hydrogen-bond acceptors (Lipinski definition) is 6. The second kappa shape index (κ2) is 7.17. The molecule has 0 bridgehead atoms. The minimum atomic E-state index is -0.359. The maximum Gasteiger partial charge on any atom is 0.277 e. The number of carbonyl (C=O) groups excluding carboxylic acids is 1. The largest absolute Gasteiger partial charge is 0.484 e. The van der Waals surface area contributed by atoms with Crippen LogP contribution in [0, 0.1) is 19.3 Å². The van der Waals surface area contributed by atoms with Crippen LogP contribution in [-0.2, 0) is 11.4 Å². The first-order valence-electron chi connectivity index (χ1n) is 7.44. The van der Waals surface area contributed by atoms with Crippen molar-refractivity contribution in [2.45, 2.75) is 46.4 Å². The summed E-state index contributed by atoms with van der Waals surface area (Å²) < 4.78 is 11.2. The molecule has 0 atom stereocenters. The molecule has 1 aromatic heterocycles. The second-order valence-corrected chi connectivity index (χ2v) is 7.41. The highest BCUT2D eigenvalue weighted by molar-refractivity contribution is 7.99. The lowest BCUT2D eigenvalue weighted by molar-refractivity contribution is -0.123. The first-order valence-corrected chi connectivity index (χ1v) is 8.43. The predicted octanol–water partition coefficient (Wildman–Crippen LogP) is 3.97. The molecule has 0 fully saturated rings. The molecule has 0 aliphatic rings. The molecule has 2 rings (SSSR count). The van der Waals surface area contributed by atoms with E-state index in [1.54, 1.807) is 0 Å². The number of carbonyl (C=O) groups is 1. The van der Waals surface area contributed by atoms with Crippen LogP contribution in [0.15, 0.2) is 27.8 Å². The summed E-state index contributed by atoms with van der Waals surface area (Å²) in [6.45, 7) is 9.90. The molecule has 124 valence electrons. The Morgan fingerprint density at radius 1 is 1.26 bits per heavy atom. The third-order valence-electron chi connectivity index (χ3n) is 3.31. The number of thioether (sulfide) groups is 1. The van der Waals surface area contributed by atoms with Crippen LogP contribution in [0.2, 0.25) is 0 Å². The third-order valence-corrected chi connectivity index (χ3v) is 4.12. The first kappa shape index (κ1) is 17.5. The van der Waals surface area contributed by atoms with Gasteiger partial charge in [-0.15, -0.1) is 10.2 Å². The predicted molar refractivity (Wildman–Crippen MR) is 89.7 cm³/mol. The lowest BCUT2D eigenvalue weighted by Crippen LogP contribution is -2.21. The first-order chi connectivity index (χ1) is 10.8. The molecule has 0 saturated carbocycles. The van der Waals surface area contributed by atoms with E-state index < -0.39 is 0 Å². The highest BCUT2D eigenvalue weighted by Crippen LogP contribution is 2.24. The molecule has 1 heterocycles. The summed E-state index contributed by atoms with van der Waals surface area (Å²) in [5, 5.41) is 8.28. The number of aromatic nitrogens is 2. The molecule has 0 radical (unpaired) electrons. The maximum absolute atomic E-state index is 11.9. The van der Waals surface area contributed by atoms with E-state index in [0.29, 0.717) is 16.9 Å². The summed E-state index contributed by atoms with van der Waals surface area (Å²) in [4.78, 5) is 11.9. The van der Waals surface area contributed by atoms with Crippen LogP contribution in [-0.4, -0.2) is 21.7 Å². The van der Waals surface area contributed by atoms with Crippen LogP contribution < -0.4 is 4.74 Å². The summed E-state index contributed by atoms with van der Waals surface area (Å²) in [6.07, 6.45) is 0. The van der Waals surface area contributed by atoms with E-state index in [1.807, 2.05) is 52.8 Å². The fourth-order valence-corrected chi connectivity index (χ4v) is 2.64. The van der Waals surface area contributed by atoms with Crippen LogP contribution in [0.25, 0.3) is 0 Å². The monoisotopic (exact) mass is 334 g/mol. The zero-order valence-corrected chi connectivity index (χ0v) is 15.0. The second-order valence-electron chi connectivity index (χ2n) is 6.48. The molecule has 0 unspecified atom stereocenters. The molecule has 0 saturated heterocycles. The fourth-order valence-electron chi connectivity index (χ4n) is 1.70. The Labute approximate surface area is 140 Å². The Morgan fingerprint density at radius 2 is 2.00 bits per heavy atom.